The fourth-order valence-electron chi connectivity index (χ4n) is 2.23. The maximum Gasteiger partial charge on any atom is 0.219 e. The highest BCUT2D eigenvalue weighted by atomic mass is 35.5. The maximum absolute atomic E-state index is 11.0. The molecule has 0 aliphatic carbocycles. The molecule has 0 saturated heterocycles. The molecule has 5 nitrogen and oxygen atoms in total. The first-order valence-corrected chi connectivity index (χ1v) is 8.76. The minimum absolute atomic E-state index is 0.0467. The average Bonchev–Trinajstić information content (AvgIpc) is 2.52. The van der Waals surface area contributed by atoms with Gasteiger partial charge in [-0.1, -0.05) is 23.8 Å². The number of ether oxygens (including phenoxy) is 2. The van der Waals surface area contributed by atoms with Gasteiger partial charge in [0.2, 0.25) is 11.8 Å². The van der Waals surface area contributed by atoms with Crippen molar-refractivity contribution < 1.29 is 14.3 Å². The molecule has 0 unspecified atom stereocenters. The van der Waals surface area contributed by atoms with Crippen LogP contribution in [0.2, 0.25) is 5.02 Å². The summed E-state index contributed by atoms with van der Waals surface area (Å²) in [7, 11) is 0. The van der Waals surface area contributed by atoms with Gasteiger partial charge < -0.3 is 14.8 Å². The van der Waals surface area contributed by atoms with E-state index < -0.39 is 0 Å². The standard InChI is InChI=1S/C20H23ClN2O3/c1-13(2)25-18-9-17(21)10-19(11-18)26-20-8-7-16(12-22-20)6-5-14(3)23-15(4)24/h5-14H,1-4H3,(H,23,24)/t14-/m0/s1. The van der Waals surface area contributed by atoms with Crippen LogP contribution in [0.4, 0.5) is 0 Å². The lowest BCUT2D eigenvalue weighted by atomic mass is 10.2. The summed E-state index contributed by atoms with van der Waals surface area (Å²) >= 11 is 6.11. The Morgan fingerprint density at radius 1 is 1.19 bits per heavy atom. The third-order valence-electron chi connectivity index (χ3n) is 3.21. The highest BCUT2D eigenvalue weighted by molar-refractivity contribution is 6.30. The first-order valence-electron chi connectivity index (χ1n) is 8.38. The predicted molar refractivity (Wildman–Crippen MR) is 104 cm³/mol. The number of benzene rings is 1. The largest absolute Gasteiger partial charge is 0.491 e. The quantitative estimate of drug-likeness (QED) is 0.752. The number of amides is 1. The van der Waals surface area contributed by atoms with E-state index in [0.717, 1.165) is 5.56 Å². The number of nitrogens with zero attached hydrogens (tertiary/aromatic N) is 1. The van der Waals surface area contributed by atoms with Gasteiger partial charge in [-0.2, -0.15) is 0 Å². The molecule has 1 aromatic carbocycles. The molecule has 1 aromatic heterocycles. The van der Waals surface area contributed by atoms with Gasteiger partial charge in [-0.05, 0) is 44.5 Å². The Labute approximate surface area is 159 Å². The smallest absolute Gasteiger partial charge is 0.219 e. The second kappa shape index (κ2) is 9.25. The van der Waals surface area contributed by atoms with E-state index in [9.17, 15) is 4.79 Å². The number of rotatable bonds is 7. The number of hydrogen-bond acceptors (Lipinski definition) is 4. The number of carbonyl (C=O) groups is 1. The lowest BCUT2D eigenvalue weighted by Crippen LogP contribution is -2.28. The zero-order valence-corrected chi connectivity index (χ0v) is 16.1. The Morgan fingerprint density at radius 3 is 2.54 bits per heavy atom. The second-order valence-corrected chi connectivity index (χ2v) is 6.61. The summed E-state index contributed by atoms with van der Waals surface area (Å²) in [5.41, 5.74) is 0.907. The van der Waals surface area contributed by atoms with Gasteiger partial charge in [-0.25, -0.2) is 4.98 Å². The second-order valence-electron chi connectivity index (χ2n) is 6.17. The van der Waals surface area contributed by atoms with Crippen molar-refractivity contribution in [1.29, 1.82) is 0 Å². The summed E-state index contributed by atoms with van der Waals surface area (Å²) in [5.74, 6) is 1.60. The van der Waals surface area contributed by atoms with Gasteiger partial charge in [-0.15, -0.1) is 0 Å². The summed E-state index contributed by atoms with van der Waals surface area (Å²) in [6.07, 6.45) is 5.53. The van der Waals surface area contributed by atoms with Gasteiger partial charge in [0, 0.05) is 36.3 Å². The molecule has 0 aliphatic rings. The maximum atomic E-state index is 11.0. The molecule has 0 spiro atoms. The molecule has 0 aliphatic heterocycles. The Bertz CT molecular complexity index is 773. The summed E-state index contributed by atoms with van der Waals surface area (Å²) in [4.78, 5) is 15.3. The number of halogens is 1. The van der Waals surface area contributed by atoms with Gasteiger partial charge in [0.1, 0.15) is 11.5 Å². The Balaban J connectivity index is 2.04. The molecule has 6 heteroatoms. The van der Waals surface area contributed by atoms with E-state index in [2.05, 4.69) is 10.3 Å². The van der Waals surface area contributed by atoms with E-state index in [0.29, 0.717) is 22.4 Å². The van der Waals surface area contributed by atoms with Crippen molar-refractivity contribution in [3.8, 4) is 17.4 Å². The van der Waals surface area contributed by atoms with Crippen molar-refractivity contribution in [3.05, 3.63) is 53.2 Å². The first kappa shape index (κ1) is 19.8. The summed E-state index contributed by atoms with van der Waals surface area (Å²) in [6.45, 7) is 7.29. The van der Waals surface area contributed by atoms with E-state index in [4.69, 9.17) is 21.1 Å². The number of nitrogens with one attached hydrogen (secondary N) is 1. The van der Waals surface area contributed by atoms with E-state index in [1.54, 1.807) is 30.5 Å². The normalized spacial score (nSPS) is 12.2. The Hall–Kier alpha value is -2.53. The lowest BCUT2D eigenvalue weighted by molar-refractivity contribution is -0.119. The third-order valence-corrected chi connectivity index (χ3v) is 3.42. The fourth-order valence-corrected chi connectivity index (χ4v) is 2.45. The molecule has 0 fully saturated rings. The molecule has 2 aromatic rings. The van der Waals surface area contributed by atoms with Gasteiger partial charge in [0.15, 0.2) is 0 Å². The summed E-state index contributed by atoms with van der Waals surface area (Å²) in [6, 6.07) is 8.83. The van der Waals surface area contributed by atoms with Crippen molar-refractivity contribution in [1.82, 2.24) is 10.3 Å². The van der Waals surface area contributed by atoms with Crippen LogP contribution < -0.4 is 14.8 Å². The lowest BCUT2D eigenvalue weighted by Gasteiger charge is -2.12. The zero-order chi connectivity index (χ0) is 19.1. The van der Waals surface area contributed by atoms with Gasteiger partial charge in [0.25, 0.3) is 0 Å². The molecule has 2 rings (SSSR count). The van der Waals surface area contributed by atoms with Crippen LogP contribution in [-0.4, -0.2) is 23.0 Å². The van der Waals surface area contributed by atoms with Crippen LogP contribution in [0.15, 0.2) is 42.6 Å². The van der Waals surface area contributed by atoms with Crippen LogP contribution in [0.25, 0.3) is 6.08 Å². The van der Waals surface area contributed by atoms with Crippen LogP contribution in [0.5, 0.6) is 17.4 Å². The minimum atomic E-state index is -0.0636. The molecule has 138 valence electrons. The van der Waals surface area contributed by atoms with Gasteiger partial charge >= 0.3 is 0 Å². The van der Waals surface area contributed by atoms with Crippen molar-refractivity contribution in [2.45, 2.75) is 39.8 Å². The molecular formula is C20H23ClN2O3. The summed E-state index contributed by atoms with van der Waals surface area (Å²) in [5, 5.41) is 3.32. The molecule has 1 amide bonds. The first-order chi connectivity index (χ1) is 12.3. The van der Waals surface area contributed by atoms with Crippen molar-refractivity contribution >= 4 is 23.6 Å². The third kappa shape index (κ3) is 6.76. The SMILES string of the molecule is CC(=O)N[C@@H](C)C=Cc1ccc(Oc2cc(Cl)cc(OC(C)C)c2)nc1. The van der Waals surface area contributed by atoms with Crippen molar-refractivity contribution in [2.75, 3.05) is 0 Å². The van der Waals surface area contributed by atoms with E-state index >= 15 is 0 Å². The Morgan fingerprint density at radius 2 is 1.92 bits per heavy atom. The highest BCUT2D eigenvalue weighted by Crippen LogP contribution is 2.29. The number of pyridine rings is 1. The van der Waals surface area contributed by atoms with Crippen molar-refractivity contribution in [2.24, 2.45) is 0 Å². The fraction of sp³-hybridized carbons (Fsp3) is 0.300. The predicted octanol–water partition coefficient (Wildman–Crippen LogP) is 4.85. The monoisotopic (exact) mass is 374 g/mol. The summed E-state index contributed by atoms with van der Waals surface area (Å²) < 4.78 is 11.4. The molecule has 0 saturated carbocycles. The number of hydrogen-bond donors (Lipinski definition) is 1. The Kier molecular flexibility index (Phi) is 7.04. The van der Waals surface area contributed by atoms with E-state index in [-0.39, 0.29) is 18.1 Å². The van der Waals surface area contributed by atoms with Gasteiger partial charge in [0.05, 0.1) is 6.10 Å². The zero-order valence-electron chi connectivity index (χ0n) is 15.3. The molecule has 0 bridgehead atoms. The van der Waals surface area contributed by atoms with E-state index in [1.165, 1.54) is 6.92 Å². The molecule has 0 radical (unpaired) electrons. The number of carbonyl (C=O) groups excluding carboxylic acids is 1. The number of aromatic nitrogens is 1. The van der Waals surface area contributed by atoms with Crippen LogP contribution in [-0.2, 0) is 4.79 Å². The highest BCUT2D eigenvalue weighted by Gasteiger charge is 2.06. The molecule has 1 atom stereocenters. The molecule has 1 N–H and O–H groups in total. The van der Waals surface area contributed by atoms with E-state index in [1.807, 2.05) is 39.0 Å². The van der Waals surface area contributed by atoms with Crippen molar-refractivity contribution in [3.63, 3.8) is 0 Å². The van der Waals surface area contributed by atoms with Crippen LogP contribution >= 0.6 is 11.6 Å². The van der Waals surface area contributed by atoms with Crippen LogP contribution in [0.1, 0.15) is 33.3 Å². The van der Waals surface area contributed by atoms with Crippen LogP contribution in [0, 0.1) is 0 Å². The topological polar surface area (TPSA) is 60.5 Å². The molecule has 26 heavy (non-hydrogen) atoms. The molecule has 1 heterocycles. The average molecular weight is 375 g/mol. The minimum Gasteiger partial charge on any atom is -0.491 e. The van der Waals surface area contributed by atoms with Crippen LogP contribution in [0.3, 0.4) is 0 Å². The van der Waals surface area contributed by atoms with Gasteiger partial charge in [-0.3, -0.25) is 4.79 Å². The molecular weight excluding hydrogens is 352 g/mol.